The summed E-state index contributed by atoms with van der Waals surface area (Å²) in [6, 6.07) is 13.6. The van der Waals surface area contributed by atoms with Crippen molar-refractivity contribution in [1.82, 2.24) is 14.8 Å². The van der Waals surface area contributed by atoms with Gasteiger partial charge >= 0.3 is 6.18 Å². The number of fused-ring (bicyclic) bond motifs is 1. The lowest BCUT2D eigenvalue weighted by Gasteiger charge is -2.21. The number of nitrogens with one attached hydrogen (secondary N) is 2. The molecule has 1 aliphatic rings. The number of aromatic amines is 1. The van der Waals surface area contributed by atoms with Gasteiger partial charge in [0, 0.05) is 48.2 Å². The second-order valence-corrected chi connectivity index (χ2v) is 8.77. The number of carbonyl (C=O) groups is 1. The summed E-state index contributed by atoms with van der Waals surface area (Å²) in [6.45, 7) is 1.43. The summed E-state index contributed by atoms with van der Waals surface area (Å²) < 4.78 is 46.5. The van der Waals surface area contributed by atoms with Crippen LogP contribution in [0.1, 0.15) is 24.1 Å². The summed E-state index contributed by atoms with van der Waals surface area (Å²) >= 11 is 0. The first-order chi connectivity index (χ1) is 17.3. The molecule has 5 rings (SSSR count). The number of alkyl halides is 3. The lowest BCUT2D eigenvalue weighted by molar-refractivity contribution is -0.140. The molecule has 0 aliphatic carbocycles. The minimum atomic E-state index is -4.59. The van der Waals surface area contributed by atoms with Gasteiger partial charge in [-0.15, -0.1) is 0 Å². The Morgan fingerprint density at radius 1 is 1.14 bits per heavy atom. The van der Waals surface area contributed by atoms with Crippen molar-refractivity contribution in [3.8, 4) is 11.1 Å². The van der Waals surface area contributed by atoms with Crippen LogP contribution in [0.3, 0.4) is 0 Å². The van der Waals surface area contributed by atoms with Crippen LogP contribution >= 0.6 is 0 Å². The van der Waals surface area contributed by atoms with Crippen LogP contribution in [0.15, 0.2) is 65.7 Å². The van der Waals surface area contributed by atoms with Crippen molar-refractivity contribution in [2.75, 3.05) is 18.5 Å². The van der Waals surface area contributed by atoms with Gasteiger partial charge in [0.2, 0.25) is 5.91 Å². The Balaban J connectivity index is 1.37. The molecule has 36 heavy (non-hydrogen) atoms. The average molecular weight is 496 g/mol. The van der Waals surface area contributed by atoms with Gasteiger partial charge in [0.15, 0.2) is 5.69 Å². The number of aromatic nitrogens is 3. The van der Waals surface area contributed by atoms with Crippen molar-refractivity contribution >= 4 is 22.4 Å². The number of halogens is 3. The van der Waals surface area contributed by atoms with Gasteiger partial charge in [-0.1, -0.05) is 18.2 Å². The molecule has 0 unspecified atom stereocenters. The van der Waals surface area contributed by atoms with Crippen molar-refractivity contribution in [2.45, 2.75) is 25.6 Å². The molecule has 7 nitrogen and oxygen atoms in total. The number of anilines is 1. The highest BCUT2D eigenvalue weighted by molar-refractivity contribution is 5.92. The highest BCUT2D eigenvalue weighted by atomic mass is 19.4. The third-order valence-corrected chi connectivity index (χ3v) is 6.34. The van der Waals surface area contributed by atoms with E-state index < -0.39 is 11.9 Å². The maximum absolute atomic E-state index is 13.2. The van der Waals surface area contributed by atoms with Gasteiger partial charge in [-0.05, 0) is 59.7 Å². The minimum Gasteiger partial charge on any atom is -0.381 e. The summed E-state index contributed by atoms with van der Waals surface area (Å²) in [5.41, 5.74) is 0.453. The third kappa shape index (κ3) is 4.90. The Morgan fingerprint density at radius 3 is 2.72 bits per heavy atom. The number of hydrogen-bond acceptors (Lipinski definition) is 4. The molecule has 0 atom stereocenters. The summed E-state index contributed by atoms with van der Waals surface area (Å²) in [4.78, 5) is 25.6. The zero-order chi connectivity index (χ0) is 25.3. The van der Waals surface area contributed by atoms with Crippen LogP contribution in [0, 0.1) is 5.92 Å². The molecule has 1 aliphatic heterocycles. The Bertz CT molecular complexity index is 1470. The van der Waals surface area contributed by atoms with Gasteiger partial charge in [-0.25, -0.2) is 0 Å². The molecule has 2 N–H and O–H groups in total. The van der Waals surface area contributed by atoms with E-state index in [-0.39, 0.29) is 29.5 Å². The van der Waals surface area contributed by atoms with Crippen molar-refractivity contribution in [2.24, 2.45) is 5.92 Å². The fourth-order valence-corrected chi connectivity index (χ4v) is 4.45. The average Bonchev–Trinajstić information content (AvgIpc) is 3.37. The van der Waals surface area contributed by atoms with E-state index in [1.54, 1.807) is 24.4 Å². The van der Waals surface area contributed by atoms with E-state index in [1.807, 2.05) is 18.2 Å². The SMILES string of the molecule is O=C(Nc1cccc(Cn2ccc3cc(-c4c[nH]nc4C(F)(F)F)ccc3c2=O)c1)C1CCOCC1. The van der Waals surface area contributed by atoms with E-state index in [1.165, 1.54) is 22.9 Å². The first-order valence-electron chi connectivity index (χ1n) is 11.5. The minimum absolute atomic E-state index is 0.0413. The van der Waals surface area contributed by atoms with Crippen LogP contribution in [-0.2, 0) is 22.3 Å². The normalized spacial score (nSPS) is 14.8. The Morgan fingerprint density at radius 2 is 1.94 bits per heavy atom. The zero-order valence-electron chi connectivity index (χ0n) is 19.1. The summed E-state index contributed by atoms with van der Waals surface area (Å²) in [7, 11) is 0. The first-order valence-corrected chi connectivity index (χ1v) is 11.5. The lowest BCUT2D eigenvalue weighted by atomic mass is 9.99. The summed E-state index contributed by atoms with van der Waals surface area (Å²) in [5, 5.41) is 9.46. The number of nitrogens with zero attached hydrogens (tertiary/aromatic N) is 2. The standard InChI is InChI=1S/C26H23F3N4O3/c27-26(28,29)23-22(14-30-32-23)18-4-5-21-19(13-18)6-9-33(25(21)35)15-16-2-1-3-20(12-16)31-24(34)17-7-10-36-11-8-17/h1-6,9,12-14,17H,7-8,10-11,15H2,(H,30,32)(H,31,34). The fraction of sp³-hybridized carbons (Fsp3) is 0.269. The molecular weight excluding hydrogens is 473 g/mol. The van der Waals surface area contributed by atoms with Crippen LogP contribution in [0.5, 0.6) is 0 Å². The van der Waals surface area contributed by atoms with Crippen LogP contribution in [-0.4, -0.2) is 33.9 Å². The van der Waals surface area contributed by atoms with Crippen molar-refractivity contribution in [3.05, 3.63) is 82.5 Å². The molecule has 0 spiro atoms. The first kappa shape index (κ1) is 23.8. The predicted molar refractivity (Wildman–Crippen MR) is 129 cm³/mol. The molecule has 4 aromatic rings. The van der Waals surface area contributed by atoms with E-state index in [9.17, 15) is 22.8 Å². The molecule has 0 radical (unpaired) electrons. The highest BCUT2D eigenvalue weighted by Crippen LogP contribution is 2.36. The van der Waals surface area contributed by atoms with E-state index in [4.69, 9.17) is 4.74 Å². The van der Waals surface area contributed by atoms with Crippen LogP contribution in [0.4, 0.5) is 18.9 Å². The Labute approximate surface area is 203 Å². The molecule has 2 aromatic heterocycles. The molecule has 1 amide bonds. The molecule has 186 valence electrons. The Hall–Kier alpha value is -3.92. The number of H-pyrrole nitrogens is 1. The smallest absolute Gasteiger partial charge is 0.381 e. The van der Waals surface area contributed by atoms with Gasteiger partial charge < -0.3 is 14.6 Å². The molecule has 3 heterocycles. The number of rotatable bonds is 5. The van der Waals surface area contributed by atoms with Gasteiger partial charge in [0.25, 0.3) is 5.56 Å². The monoisotopic (exact) mass is 496 g/mol. The van der Waals surface area contributed by atoms with E-state index in [0.29, 0.717) is 48.1 Å². The van der Waals surface area contributed by atoms with Crippen molar-refractivity contribution < 1.29 is 22.7 Å². The molecule has 2 aromatic carbocycles. The van der Waals surface area contributed by atoms with Crippen molar-refractivity contribution in [1.29, 1.82) is 0 Å². The Kier molecular flexibility index (Phi) is 6.36. The summed E-state index contributed by atoms with van der Waals surface area (Å²) in [5.74, 6) is -0.120. The number of pyridine rings is 1. The highest BCUT2D eigenvalue weighted by Gasteiger charge is 2.36. The van der Waals surface area contributed by atoms with Crippen molar-refractivity contribution in [3.63, 3.8) is 0 Å². The van der Waals surface area contributed by atoms with Crippen LogP contribution in [0.2, 0.25) is 0 Å². The zero-order valence-corrected chi connectivity index (χ0v) is 19.1. The summed E-state index contributed by atoms with van der Waals surface area (Å²) in [6.07, 6.45) is -0.400. The van der Waals surface area contributed by atoms with Crippen LogP contribution < -0.4 is 10.9 Å². The van der Waals surface area contributed by atoms with Gasteiger partial charge in [-0.2, -0.15) is 18.3 Å². The van der Waals surface area contributed by atoms with E-state index >= 15 is 0 Å². The quantitative estimate of drug-likeness (QED) is 0.415. The van der Waals surface area contributed by atoms with E-state index in [2.05, 4.69) is 15.5 Å². The number of ether oxygens (including phenoxy) is 1. The predicted octanol–water partition coefficient (Wildman–Crippen LogP) is 4.82. The fourth-order valence-electron chi connectivity index (χ4n) is 4.45. The molecule has 1 fully saturated rings. The molecule has 0 bridgehead atoms. The number of benzene rings is 2. The topological polar surface area (TPSA) is 89.0 Å². The number of amides is 1. The third-order valence-electron chi connectivity index (χ3n) is 6.34. The van der Waals surface area contributed by atoms with E-state index in [0.717, 1.165) is 5.56 Å². The molecule has 10 heteroatoms. The molecule has 1 saturated heterocycles. The molecule has 0 saturated carbocycles. The van der Waals surface area contributed by atoms with Gasteiger partial charge in [0.05, 0.1) is 6.54 Å². The second-order valence-electron chi connectivity index (χ2n) is 8.77. The number of hydrogen-bond donors (Lipinski definition) is 2. The van der Waals surface area contributed by atoms with Gasteiger partial charge in [0.1, 0.15) is 0 Å². The van der Waals surface area contributed by atoms with Gasteiger partial charge in [-0.3, -0.25) is 14.7 Å². The second kappa shape index (κ2) is 9.62. The largest absolute Gasteiger partial charge is 0.435 e. The van der Waals surface area contributed by atoms with Crippen LogP contribution in [0.25, 0.3) is 21.9 Å². The lowest BCUT2D eigenvalue weighted by Crippen LogP contribution is -2.28. The maximum atomic E-state index is 13.2. The molecular formula is C26H23F3N4O3. The maximum Gasteiger partial charge on any atom is 0.435 e. The number of carbonyl (C=O) groups excluding carboxylic acids is 1.